The maximum Gasteiger partial charge on any atom is 0.251 e. The minimum Gasteiger partial charge on any atom is -0.352 e. The monoisotopic (exact) mass is 302 g/mol. The first-order valence-electron chi connectivity index (χ1n) is 8.35. The van der Waals surface area contributed by atoms with Gasteiger partial charge in [-0.2, -0.15) is 0 Å². The van der Waals surface area contributed by atoms with Crippen LogP contribution in [0, 0.1) is 5.92 Å². The first kappa shape index (κ1) is 16.5. The second-order valence-corrected chi connectivity index (χ2v) is 6.01. The molecule has 0 aliphatic heterocycles. The van der Waals surface area contributed by atoms with Gasteiger partial charge in [0.2, 0.25) is 5.91 Å². The molecule has 22 heavy (non-hydrogen) atoms. The fourth-order valence-electron chi connectivity index (χ4n) is 2.81. The number of carbonyl (C=O) groups excluding carboxylic acids is 2. The number of carbonyl (C=O) groups is 2. The number of benzene rings is 1. The van der Waals surface area contributed by atoms with E-state index in [-0.39, 0.29) is 17.7 Å². The van der Waals surface area contributed by atoms with Crippen molar-refractivity contribution in [3.8, 4) is 0 Å². The molecule has 1 aliphatic rings. The molecule has 1 fully saturated rings. The van der Waals surface area contributed by atoms with Gasteiger partial charge in [0.15, 0.2) is 0 Å². The lowest BCUT2D eigenvalue weighted by Gasteiger charge is -2.20. The van der Waals surface area contributed by atoms with Crippen molar-refractivity contribution in [2.75, 3.05) is 6.54 Å². The van der Waals surface area contributed by atoms with Gasteiger partial charge in [-0.1, -0.05) is 38.3 Å². The Labute approximate surface area is 132 Å². The standard InChI is InChI=1S/C18H26N2O2/c1-2-12-19-17(21)16-10-8-14(9-11-16)13-20-18(22)15-6-4-3-5-7-15/h8-11,15H,2-7,12-13H2,1H3,(H,19,21)(H,20,22). The van der Waals surface area contributed by atoms with E-state index in [9.17, 15) is 9.59 Å². The van der Waals surface area contributed by atoms with Gasteiger partial charge in [-0.05, 0) is 37.0 Å². The summed E-state index contributed by atoms with van der Waals surface area (Å²) in [6.45, 7) is 3.25. The quantitative estimate of drug-likeness (QED) is 0.848. The Kier molecular flexibility index (Phi) is 6.44. The molecule has 0 radical (unpaired) electrons. The minimum absolute atomic E-state index is 0.0420. The molecule has 1 aromatic rings. The average molecular weight is 302 g/mol. The van der Waals surface area contributed by atoms with E-state index in [4.69, 9.17) is 0 Å². The van der Waals surface area contributed by atoms with Crippen molar-refractivity contribution in [2.24, 2.45) is 5.92 Å². The molecule has 1 aliphatic carbocycles. The smallest absolute Gasteiger partial charge is 0.251 e. The summed E-state index contributed by atoms with van der Waals surface area (Å²) < 4.78 is 0. The highest BCUT2D eigenvalue weighted by atomic mass is 16.2. The molecule has 0 atom stereocenters. The third-order valence-corrected chi connectivity index (χ3v) is 4.19. The summed E-state index contributed by atoms with van der Waals surface area (Å²) in [5.41, 5.74) is 1.69. The third kappa shape index (κ3) is 4.86. The zero-order valence-electron chi connectivity index (χ0n) is 13.4. The van der Waals surface area contributed by atoms with Gasteiger partial charge >= 0.3 is 0 Å². The van der Waals surface area contributed by atoms with Crippen LogP contribution in [0.1, 0.15) is 61.4 Å². The Morgan fingerprint density at radius 3 is 2.36 bits per heavy atom. The van der Waals surface area contributed by atoms with Crippen molar-refractivity contribution in [2.45, 2.75) is 52.0 Å². The molecule has 2 N–H and O–H groups in total. The van der Waals surface area contributed by atoms with Gasteiger partial charge in [-0.15, -0.1) is 0 Å². The van der Waals surface area contributed by atoms with Crippen molar-refractivity contribution in [1.29, 1.82) is 0 Å². The van der Waals surface area contributed by atoms with E-state index in [1.165, 1.54) is 19.3 Å². The summed E-state index contributed by atoms with van der Waals surface area (Å²) in [5, 5.41) is 5.86. The van der Waals surface area contributed by atoms with E-state index in [0.717, 1.165) is 24.8 Å². The Morgan fingerprint density at radius 1 is 1.05 bits per heavy atom. The Hall–Kier alpha value is -1.84. The predicted octanol–water partition coefficient (Wildman–Crippen LogP) is 3.02. The van der Waals surface area contributed by atoms with E-state index in [2.05, 4.69) is 10.6 Å². The number of amides is 2. The third-order valence-electron chi connectivity index (χ3n) is 4.19. The van der Waals surface area contributed by atoms with Crippen LogP contribution in [0.25, 0.3) is 0 Å². The molecule has 0 spiro atoms. The Balaban J connectivity index is 1.80. The maximum absolute atomic E-state index is 12.1. The molecule has 0 aromatic heterocycles. The van der Waals surface area contributed by atoms with Crippen LogP contribution >= 0.6 is 0 Å². The van der Waals surface area contributed by atoms with Crippen molar-refractivity contribution >= 4 is 11.8 Å². The lowest BCUT2D eigenvalue weighted by atomic mass is 9.88. The van der Waals surface area contributed by atoms with Gasteiger partial charge in [-0.3, -0.25) is 9.59 Å². The van der Waals surface area contributed by atoms with Crippen LogP contribution in [0.5, 0.6) is 0 Å². The fourth-order valence-corrected chi connectivity index (χ4v) is 2.81. The van der Waals surface area contributed by atoms with Crippen molar-refractivity contribution < 1.29 is 9.59 Å². The van der Waals surface area contributed by atoms with Crippen molar-refractivity contribution in [1.82, 2.24) is 10.6 Å². The van der Waals surface area contributed by atoms with Crippen LogP contribution in [0.15, 0.2) is 24.3 Å². The molecule has 4 nitrogen and oxygen atoms in total. The van der Waals surface area contributed by atoms with E-state index in [1.54, 1.807) is 0 Å². The zero-order valence-corrected chi connectivity index (χ0v) is 13.4. The summed E-state index contributed by atoms with van der Waals surface area (Å²) in [7, 11) is 0. The Morgan fingerprint density at radius 2 is 1.73 bits per heavy atom. The summed E-state index contributed by atoms with van der Waals surface area (Å²) in [5.74, 6) is 0.317. The van der Waals surface area contributed by atoms with E-state index in [1.807, 2.05) is 31.2 Å². The van der Waals surface area contributed by atoms with Crippen LogP contribution in [-0.4, -0.2) is 18.4 Å². The molecule has 0 heterocycles. The molecule has 2 amide bonds. The van der Waals surface area contributed by atoms with Crippen molar-refractivity contribution in [3.05, 3.63) is 35.4 Å². The molecule has 2 rings (SSSR count). The van der Waals surface area contributed by atoms with Gasteiger partial charge in [-0.25, -0.2) is 0 Å². The predicted molar refractivity (Wildman–Crippen MR) is 87.5 cm³/mol. The van der Waals surface area contributed by atoms with E-state index >= 15 is 0 Å². The zero-order chi connectivity index (χ0) is 15.8. The Bertz CT molecular complexity index is 490. The molecule has 0 unspecified atom stereocenters. The highest BCUT2D eigenvalue weighted by molar-refractivity contribution is 5.94. The highest BCUT2D eigenvalue weighted by Crippen LogP contribution is 2.23. The van der Waals surface area contributed by atoms with E-state index in [0.29, 0.717) is 18.7 Å². The number of hydrogen-bond acceptors (Lipinski definition) is 2. The first-order valence-corrected chi connectivity index (χ1v) is 8.35. The topological polar surface area (TPSA) is 58.2 Å². The first-order chi connectivity index (χ1) is 10.7. The second kappa shape index (κ2) is 8.57. The van der Waals surface area contributed by atoms with Crippen LogP contribution in [0.4, 0.5) is 0 Å². The van der Waals surface area contributed by atoms with Gasteiger partial charge < -0.3 is 10.6 Å². The maximum atomic E-state index is 12.1. The number of hydrogen-bond donors (Lipinski definition) is 2. The van der Waals surface area contributed by atoms with Crippen LogP contribution in [-0.2, 0) is 11.3 Å². The van der Waals surface area contributed by atoms with Crippen LogP contribution in [0.3, 0.4) is 0 Å². The second-order valence-electron chi connectivity index (χ2n) is 6.01. The molecular formula is C18H26N2O2. The van der Waals surface area contributed by atoms with Gasteiger partial charge in [0, 0.05) is 24.6 Å². The van der Waals surface area contributed by atoms with Crippen LogP contribution in [0.2, 0.25) is 0 Å². The SMILES string of the molecule is CCCNC(=O)c1ccc(CNC(=O)C2CCCCC2)cc1. The number of nitrogens with one attached hydrogen (secondary N) is 2. The normalized spacial score (nSPS) is 15.3. The largest absolute Gasteiger partial charge is 0.352 e. The molecular weight excluding hydrogens is 276 g/mol. The van der Waals surface area contributed by atoms with E-state index < -0.39 is 0 Å². The summed E-state index contributed by atoms with van der Waals surface area (Å²) in [4.78, 5) is 23.9. The molecule has 0 bridgehead atoms. The molecule has 4 heteroatoms. The van der Waals surface area contributed by atoms with Crippen molar-refractivity contribution in [3.63, 3.8) is 0 Å². The van der Waals surface area contributed by atoms with Gasteiger partial charge in [0.25, 0.3) is 5.91 Å². The van der Waals surface area contributed by atoms with Gasteiger partial charge in [0.05, 0.1) is 0 Å². The molecule has 0 saturated heterocycles. The van der Waals surface area contributed by atoms with Gasteiger partial charge in [0.1, 0.15) is 0 Å². The minimum atomic E-state index is -0.0420. The average Bonchev–Trinajstić information content (AvgIpc) is 2.58. The molecule has 1 aromatic carbocycles. The highest BCUT2D eigenvalue weighted by Gasteiger charge is 2.20. The fraction of sp³-hybridized carbons (Fsp3) is 0.556. The summed E-state index contributed by atoms with van der Waals surface area (Å²) in [6.07, 6.45) is 6.55. The molecule has 1 saturated carbocycles. The summed E-state index contributed by atoms with van der Waals surface area (Å²) >= 11 is 0. The molecule has 120 valence electrons. The number of rotatable bonds is 6. The van der Waals surface area contributed by atoms with Crippen LogP contribution < -0.4 is 10.6 Å². The summed E-state index contributed by atoms with van der Waals surface area (Å²) in [6, 6.07) is 7.43. The lowest BCUT2D eigenvalue weighted by molar-refractivity contribution is -0.126. The lowest BCUT2D eigenvalue weighted by Crippen LogP contribution is -2.31.